The number of benzene rings is 1. The van der Waals surface area contributed by atoms with Crippen molar-refractivity contribution in [3.05, 3.63) is 28.5 Å². The maximum absolute atomic E-state index is 13.4. The molecule has 16 heavy (non-hydrogen) atoms. The van der Waals surface area contributed by atoms with Crippen LogP contribution in [0.5, 0.6) is 0 Å². The topological polar surface area (TPSA) is 46.2 Å². The summed E-state index contributed by atoms with van der Waals surface area (Å²) in [6, 6.07) is 3.75. The molecule has 1 N–H and O–H groups in total. The maximum Gasteiger partial charge on any atom is 0.244 e. The zero-order chi connectivity index (χ0) is 12.2. The number of sulfonamides is 1. The van der Waals surface area contributed by atoms with Gasteiger partial charge in [0.2, 0.25) is 10.0 Å². The van der Waals surface area contributed by atoms with Crippen LogP contribution in [-0.2, 0) is 10.0 Å². The average molecular weight is 306 g/mol. The Kier molecular flexibility index (Phi) is 4.47. The van der Waals surface area contributed by atoms with Crippen molar-refractivity contribution in [1.29, 1.82) is 0 Å². The minimum absolute atomic E-state index is 0.0334. The van der Waals surface area contributed by atoms with E-state index >= 15 is 0 Å². The monoisotopic (exact) mass is 305 g/mol. The summed E-state index contributed by atoms with van der Waals surface area (Å²) in [5, 5.41) is 0. The highest BCUT2D eigenvalue weighted by molar-refractivity contribution is 9.10. The molecule has 0 aliphatic heterocycles. The maximum atomic E-state index is 13.4. The van der Waals surface area contributed by atoms with E-state index in [1.54, 1.807) is 6.92 Å². The molecule has 0 unspecified atom stereocenters. The van der Waals surface area contributed by atoms with Gasteiger partial charge in [-0.15, -0.1) is 5.92 Å². The third-order valence-electron chi connectivity index (χ3n) is 1.71. The first-order valence-electron chi connectivity index (χ1n) is 4.31. The molecule has 0 amide bonds. The quantitative estimate of drug-likeness (QED) is 0.867. The molecule has 0 spiro atoms. The summed E-state index contributed by atoms with van der Waals surface area (Å²) in [6.07, 6.45) is 0. The highest BCUT2D eigenvalue weighted by atomic mass is 79.9. The molecule has 0 aromatic heterocycles. The SMILES string of the molecule is CC#CCNS(=O)(=O)c1ccc(Br)cc1F. The first-order chi connectivity index (χ1) is 7.47. The highest BCUT2D eigenvalue weighted by Gasteiger charge is 2.17. The van der Waals surface area contributed by atoms with E-state index in [2.05, 4.69) is 32.5 Å². The van der Waals surface area contributed by atoms with Crippen LogP contribution in [0, 0.1) is 17.7 Å². The van der Waals surface area contributed by atoms with Gasteiger partial charge in [-0.3, -0.25) is 0 Å². The Morgan fingerprint density at radius 1 is 1.50 bits per heavy atom. The summed E-state index contributed by atoms with van der Waals surface area (Å²) in [5.74, 6) is 4.27. The Bertz CT molecular complexity index is 546. The van der Waals surface area contributed by atoms with Crippen LogP contribution in [-0.4, -0.2) is 15.0 Å². The molecule has 0 saturated carbocycles. The zero-order valence-corrected chi connectivity index (χ0v) is 10.8. The van der Waals surface area contributed by atoms with E-state index in [-0.39, 0.29) is 11.4 Å². The Balaban J connectivity index is 3.01. The fraction of sp³-hybridized carbons (Fsp3) is 0.200. The van der Waals surface area contributed by atoms with Crippen LogP contribution in [0.15, 0.2) is 27.6 Å². The molecule has 0 radical (unpaired) electrons. The molecule has 0 saturated heterocycles. The zero-order valence-electron chi connectivity index (χ0n) is 8.42. The molecule has 0 aliphatic carbocycles. The van der Waals surface area contributed by atoms with Crippen molar-refractivity contribution in [3.63, 3.8) is 0 Å². The molecule has 0 atom stereocenters. The normalized spacial score (nSPS) is 10.7. The number of rotatable bonds is 3. The van der Waals surface area contributed by atoms with Crippen LogP contribution in [0.1, 0.15) is 6.92 Å². The van der Waals surface area contributed by atoms with Gasteiger partial charge in [-0.2, -0.15) is 4.72 Å². The van der Waals surface area contributed by atoms with Gasteiger partial charge in [0.05, 0.1) is 6.54 Å². The molecule has 6 heteroatoms. The Labute approximate surface area is 102 Å². The number of halogens is 2. The molecular formula is C10H9BrFNO2S. The van der Waals surface area contributed by atoms with Crippen molar-refractivity contribution in [1.82, 2.24) is 4.72 Å². The second-order valence-corrected chi connectivity index (χ2v) is 5.48. The van der Waals surface area contributed by atoms with E-state index in [1.165, 1.54) is 12.1 Å². The number of nitrogens with one attached hydrogen (secondary N) is 1. The number of hydrogen-bond donors (Lipinski definition) is 1. The van der Waals surface area contributed by atoms with E-state index in [1.807, 2.05) is 0 Å². The predicted molar refractivity (Wildman–Crippen MR) is 62.7 cm³/mol. The van der Waals surface area contributed by atoms with Crippen molar-refractivity contribution >= 4 is 26.0 Å². The summed E-state index contributed by atoms with van der Waals surface area (Å²) < 4.78 is 39.2. The third-order valence-corrected chi connectivity index (χ3v) is 3.64. The first-order valence-corrected chi connectivity index (χ1v) is 6.59. The minimum atomic E-state index is -3.83. The standard InChI is InChI=1S/C10H9BrFNO2S/c1-2-3-6-13-16(14,15)10-5-4-8(11)7-9(10)12/h4-5,7,13H,6H2,1H3. The molecule has 1 aromatic rings. The van der Waals surface area contributed by atoms with E-state index in [9.17, 15) is 12.8 Å². The van der Waals surface area contributed by atoms with Gasteiger partial charge in [0.15, 0.2) is 0 Å². The lowest BCUT2D eigenvalue weighted by Crippen LogP contribution is -2.24. The van der Waals surface area contributed by atoms with Crippen LogP contribution >= 0.6 is 15.9 Å². The van der Waals surface area contributed by atoms with Gasteiger partial charge in [0.1, 0.15) is 10.7 Å². The Hall–Kier alpha value is -0.900. The summed E-state index contributed by atoms with van der Waals surface area (Å²) in [4.78, 5) is -0.381. The van der Waals surface area contributed by atoms with Gasteiger partial charge in [0.25, 0.3) is 0 Å². The molecule has 0 bridgehead atoms. The lowest BCUT2D eigenvalue weighted by atomic mass is 10.3. The van der Waals surface area contributed by atoms with Gasteiger partial charge in [-0.25, -0.2) is 12.8 Å². The van der Waals surface area contributed by atoms with Crippen LogP contribution < -0.4 is 4.72 Å². The van der Waals surface area contributed by atoms with Crippen LogP contribution in [0.4, 0.5) is 4.39 Å². The largest absolute Gasteiger partial charge is 0.244 e. The van der Waals surface area contributed by atoms with Crippen molar-refractivity contribution in [2.75, 3.05) is 6.54 Å². The molecule has 0 fully saturated rings. The second kappa shape index (κ2) is 5.43. The lowest BCUT2D eigenvalue weighted by molar-refractivity contribution is 0.559. The van der Waals surface area contributed by atoms with Crippen molar-refractivity contribution in [2.45, 2.75) is 11.8 Å². The second-order valence-electron chi connectivity index (χ2n) is 2.83. The van der Waals surface area contributed by atoms with Crippen LogP contribution in [0.3, 0.4) is 0 Å². The molecule has 1 aromatic carbocycles. The fourth-order valence-corrected chi connectivity index (χ4v) is 2.30. The van der Waals surface area contributed by atoms with Crippen molar-refractivity contribution < 1.29 is 12.8 Å². The van der Waals surface area contributed by atoms with Gasteiger partial charge < -0.3 is 0 Å². The van der Waals surface area contributed by atoms with E-state index in [0.29, 0.717) is 4.47 Å². The van der Waals surface area contributed by atoms with Crippen molar-refractivity contribution in [3.8, 4) is 11.8 Å². The summed E-state index contributed by atoms with van der Waals surface area (Å²) in [6.45, 7) is 1.56. The van der Waals surface area contributed by atoms with Gasteiger partial charge in [-0.05, 0) is 25.1 Å². The third kappa shape index (κ3) is 3.30. The van der Waals surface area contributed by atoms with Gasteiger partial charge in [0, 0.05) is 4.47 Å². The van der Waals surface area contributed by atoms with Gasteiger partial charge in [-0.1, -0.05) is 21.9 Å². The minimum Gasteiger partial charge on any atom is -0.207 e. The smallest absolute Gasteiger partial charge is 0.207 e. The molecular weight excluding hydrogens is 297 g/mol. The average Bonchev–Trinajstić information content (AvgIpc) is 2.17. The van der Waals surface area contributed by atoms with E-state index in [0.717, 1.165) is 6.07 Å². The summed E-state index contributed by atoms with van der Waals surface area (Å²) in [5.41, 5.74) is 0. The molecule has 0 aliphatic rings. The molecule has 1 rings (SSSR count). The molecule has 3 nitrogen and oxygen atoms in total. The lowest BCUT2D eigenvalue weighted by Gasteiger charge is -2.05. The highest BCUT2D eigenvalue weighted by Crippen LogP contribution is 2.18. The van der Waals surface area contributed by atoms with E-state index in [4.69, 9.17) is 0 Å². The molecule has 86 valence electrons. The summed E-state index contributed by atoms with van der Waals surface area (Å²) in [7, 11) is -3.83. The summed E-state index contributed by atoms with van der Waals surface area (Å²) >= 11 is 3.05. The Morgan fingerprint density at radius 2 is 2.19 bits per heavy atom. The van der Waals surface area contributed by atoms with Crippen molar-refractivity contribution in [2.24, 2.45) is 0 Å². The first kappa shape index (κ1) is 13.2. The fourth-order valence-electron chi connectivity index (χ4n) is 0.990. The van der Waals surface area contributed by atoms with Crippen LogP contribution in [0.2, 0.25) is 0 Å². The molecule has 0 heterocycles. The van der Waals surface area contributed by atoms with Gasteiger partial charge >= 0.3 is 0 Å². The van der Waals surface area contributed by atoms with Crippen LogP contribution in [0.25, 0.3) is 0 Å². The van der Waals surface area contributed by atoms with E-state index < -0.39 is 15.8 Å². The Morgan fingerprint density at radius 3 is 2.75 bits per heavy atom. The number of hydrogen-bond acceptors (Lipinski definition) is 2. The predicted octanol–water partition coefficient (Wildman–Crippen LogP) is 1.89.